The molecule has 158 valence electrons. The molecule has 0 aliphatic carbocycles. The van der Waals surface area contributed by atoms with E-state index in [0.29, 0.717) is 17.1 Å². The maximum absolute atomic E-state index is 13.2. The van der Waals surface area contributed by atoms with Gasteiger partial charge in [0, 0.05) is 26.3 Å². The van der Waals surface area contributed by atoms with Crippen LogP contribution in [0.3, 0.4) is 0 Å². The number of pyridine rings is 1. The molecule has 0 unspecified atom stereocenters. The topological polar surface area (TPSA) is 72.3 Å². The number of carbonyl (C=O) groups excluding carboxylic acids is 1. The number of piperidine rings is 1. The third-order valence-corrected chi connectivity index (χ3v) is 4.94. The van der Waals surface area contributed by atoms with Crippen LogP contribution in [0.25, 0.3) is 0 Å². The van der Waals surface area contributed by atoms with Gasteiger partial charge in [0.15, 0.2) is 0 Å². The van der Waals surface area contributed by atoms with E-state index in [0.717, 1.165) is 44.5 Å². The van der Waals surface area contributed by atoms with Crippen LogP contribution >= 0.6 is 0 Å². The first kappa shape index (κ1) is 21.4. The fourth-order valence-electron chi connectivity index (χ4n) is 3.39. The molecule has 1 aliphatic rings. The lowest BCUT2D eigenvalue weighted by Gasteiger charge is -2.31. The van der Waals surface area contributed by atoms with Crippen molar-refractivity contribution in [2.75, 3.05) is 41.8 Å². The van der Waals surface area contributed by atoms with Gasteiger partial charge in [-0.1, -0.05) is 0 Å². The predicted octanol–water partition coefficient (Wildman–Crippen LogP) is 4.04. The van der Waals surface area contributed by atoms with Gasteiger partial charge in [-0.3, -0.25) is 4.79 Å². The number of benzene rings is 1. The zero-order valence-electron chi connectivity index (χ0n) is 16.5. The van der Waals surface area contributed by atoms with E-state index in [1.807, 2.05) is 11.0 Å². The Labute approximate surface area is 172 Å². The van der Waals surface area contributed by atoms with Crippen LogP contribution in [0.2, 0.25) is 0 Å². The van der Waals surface area contributed by atoms with E-state index >= 15 is 0 Å². The number of nitrogens with one attached hydrogen (secondary N) is 1. The minimum Gasteiger partial charge on any atom is -0.370 e. The number of nitrogens with zero attached hydrogens (tertiary/aromatic N) is 4. The summed E-state index contributed by atoms with van der Waals surface area (Å²) in [4.78, 5) is 20.3. The minimum atomic E-state index is -4.50. The summed E-state index contributed by atoms with van der Waals surface area (Å²) in [6.07, 6.45) is -0.0989. The van der Waals surface area contributed by atoms with Crippen molar-refractivity contribution in [2.24, 2.45) is 0 Å². The number of nitriles is 1. The number of hydrogen-bond donors (Lipinski definition) is 1. The summed E-state index contributed by atoms with van der Waals surface area (Å²) in [5, 5.41) is 11.5. The summed E-state index contributed by atoms with van der Waals surface area (Å²) in [6.45, 7) is 1.38. The third-order valence-electron chi connectivity index (χ3n) is 4.94. The van der Waals surface area contributed by atoms with Crippen LogP contribution in [-0.4, -0.2) is 37.6 Å². The van der Waals surface area contributed by atoms with Crippen LogP contribution in [0.1, 0.15) is 30.4 Å². The number of carbonyl (C=O) groups is 1. The minimum absolute atomic E-state index is 0.103. The van der Waals surface area contributed by atoms with Crippen LogP contribution in [0.5, 0.6) is 0 Å². The Balaban J connectivity index is 1.78. The Morgan fingerprint density at radius 2 is 1.97 bits per heavy atom. The Morgan fingerprint density at radius 1 is 1.23 bits per heavy atom. The summed E-state index contributed by atoms with van der Waals surface area (Å²) in [5.74, 6) is 0.0192. The SMILES string of the molecule is CN(CC(=O)Nc1cc(C(F)(F)F)ccc1N1CCCCC1)c1ccc(C#N)cn1. The fraction of sp³-hybridized carbons (Fsp3) is 0.381. The summed E-state index contributed by atoms with van der Waals surface area (Å²) in [5.41, 5.74) is 0.334. The molecule has 1 aromatic carbocycles. The van der Waals surface area contributed by atoms with Gasteiger partial charge in [-0.2, -0.15) is 18.4 Å². The number of rotatable bonds is 5. The standard InChI is InChI=1S/C21H22F3N5O/c1-28(19-8-5-15(12-25)13-26-19)14-20(30)27-17-11-16(21(22,23)24)6-7-18(17)29-9-3-2-4-10-29/h5-8,11,13H,2-4,9-10,14H2,1H3,(H,27,30). The summed E-state index contributed by atoms with van der Waals surface area (Å²) in [7, 11) is 1.64. The summed E-state index contributed by atoms with van der Waals surface area (Å²) < 4.78 is 39.6. The van der Waals surface area contributed by atoms with E-state index < -0.39 is 17.6 Å². The smallest absolute Gasteiger partial charge is 0.370 e. The van der Waals surface area contributed by atoms with Crippen molar-refractivity contribution < 1.29 is 18.0 Å². The van der Waals surface area contributed by atoms with Crippen LogP contribution in [0, 0.1) is 11.3 Å². The van der Waals surface area contributed by atoms with Gasteiger partial charge in [0.25, 0.3) is 0 Å². The second-order valence-electron chi connectivity index (χ2n) is 7.20. The number of anilines is 3. The van der Waals surface area contributed by atoms with Gasteiger partial charge in [0.05, 0.1) is 29.0 Å². The van der Waals surface area contributed by atoms with Gasteiger partial charge in [-0.25, -0.2) is 4.98 Å². The molecule has 2 heterocycles. The number of aromatic nitrogens is 1. The van der Waals surface area contributed by atoms with Gasteiger partial charge < -0.3 is 15.1 Å². The van der Waals surface area contributed by atoms with Gasteiger partial charge >= 0.3 is 6.18 Å². The molecule has 2 aromatic rings. The van der Waals surface area contributed by atoms with E-state index in [9.17, 15) is 18.0 Å². The van der Waals surface area contributed by atoms with Gasteiger partial charge in [0.1, 0.15) is 11.9 Å². The number of amides is 1. The van der Waals surface area contributed by atoms with Crippen molar-refractivity contribution in [2.45, 2.75) is 25.4 Å². The molecular formula is C21H22F3N5O. The van der Waals surface area contributed by atoms with Crippen LogP contribution in [-0.2, 0) is 11.0 Å². The molecule has 1 N–H and O–H groups in total. The van der Waals surface area contributed by atoms with Crippen molar-refractivity contribution in [1.82, 2.24) is 4.98 Å². The molecule has 9 heteroatoms. The van der Waals surface area contributed by atoms with Gasteiger partial charge in [0.2, 0.25) is 5.91 Å². The maximum atomic E-state index is 13.2. The van der Waals surface area contributed by atoms with Gasteiger partial charge in [-0.15, -0.1) is 0 Å². The van der Waals surface area contributed by atoms with Crippen molar-refractivity contribution in [3.8, 4) is 6.07 Å². The first-order valence-electron chi connectivity index (χ1n) is 9.61. The average Bonchev–Trinajstić information content (AvgIpc) is 2.73. The quantitative estimate of drug-likeness (QED) is 0.795. The zero-order chi connectivity index (χ0) is 21.7. The molecule has 30 heavy (non-hydrogen) atoms. The largest absolute Gasteiger partial charge is 0.416 e. The molecule has 1 saturated heterocycles. The normalized spacial score (nSPS) is 14.2. The molecule has 6 nitrogen and oxygen atoms in total. The van der Waals surface area contributed by atoms with Crippen molar-refractivity contribution in [1.29, 1.82) is 5.26 Å². The van der Waals surface area contributed by atoms with Crippen molar-refractivity contribution in [3.63, 3.8) is 0 Å². The predicted molar refractivity (Wildman–Crippen MR) is 108 cm³/mol. The highest BCUT2D eigenvalue weighted by Crippen LogP contribution is 2.36. The maximum Gasteiger partial charge on any atom is 0.416 e. The molecule has 0 spiro atoms. The zero-order valence-corrected chi connectivity index (χ0v) is 16.5. The summed E-state index contributed by atoms with van der Waals surface area (Å²) in [6, 6.07) is 8.61. The Bertz CT molecular complexity index is 931. The second kappa shape index (κ2) is 9.03. The van der Waals surface area contributed by atoms with Crippen LogP contribution in [0.15, 0.2) is 36.5 Å². The average molecular weight is 417 g/mol. The lowest BCUT2D eigenvalue weighted by atomic mass is 10.1. The third kappa shape index (κ3) is 5.20. The molecule has 3 rings (SSSR count). The van der Waals surface area contributed by atoms with E-state index in [-0.39, 0.29) is 12.2 Å². The van der Waals surface area contributed by atoms with Crippen LogP contribution < -0.4 is 15.1 Å². The van der Waals surface area contributed by atoms with Gasteiger partial charge in [-0.05, 0) is 49.6 Å². The van der Waals surface area contributed by atoms with E-state index in [1.54, 1.807) is 24.1 Å². The molecule has 1 fully saturated rings. The lowest BCUT2D eigenvalue weighted by Crippen LogP contribution is -2.33. The number of likely N-dealkylation sites (N-methyl/N-ethyl adjacent to an activating group) is 1. The number of alkyl halides is 3. The van der Waals surface area contributed by atoms with E-state index in [2.05, 4.69) is 10.3 Å². The highest BCUT2D eigenvalue weighted by molar-refractivity contribution is 5.97. The Kier molecular flexibility index (Phi) is 6.45. The molecule has 0 bridgehead atoms. The highest BCUT2D eigenvalue weighted by Gasteiger charge is 2.32. The number of halogens is 3. The molecule has 1 aliphatic heterocycles. The van der Waals surface area contributed by atoms with Crippen LogP contribution in [0.4, 0.5) is 30.4 Å². The molecule has 1 aromatic heterocycles. The highest BCUT2D eigenvalue weighted by atomic mass is 19.4. The molecule has 1 amide bonds. The molecule has 0 radical (unpaired) electrons. The molecule has 0 saturated carbocycles. The number of hydrogen-bond acceptors (Lipinski definition) is 5. The Morgan fingerprint density at radius 3 is 2.57 bits per heavy atom. The van der Waals surface area contributed by atoms with Crippen molar-refractivity contribution >= 4 is 23.1 Å². The van der Waals surface area contributed by atoms with Crippen molar-refractivity contribution in [3.05, 3.63) is 47.7 Å². The molecule has 0 atom stereocenters. The molecular weight excluding hydrogens is 395 g/mol. The van der Waals surface area contributed by atoms with E-state index in [1.165, 1.54) is 12.3 Å². The summed E-state index contributed by atoms with van der Waals surface area (Å²) >= 11 is 0. The fourth-order valence-corrected chi connectivity index (χ4v) is 3.39. The van der Waals surface area contributed by atoms with E-state index in [4.69, 9.17) is 5.26 Å². The Hall–Kier alpha value is -3.28. The second-order valence-corrected chi connectivity index (χ2v) is 7.20. The monoisotopic (exact) mass is 417 g/mol. The lowest BCUT2D eigenvalue weighted by molar-refractivity contribution is -0.137. The first-order chi connectivity index (χ1) is 14.3. The first-order valence-corrected chi connectivity index (χ1v) is 9.61.